The number of benzene rings is 1. The van der Waals surface area contributed by atoms with Crippen LogP contribution in [0.15, 0.2) is 18.2 Å². The molecule has 0 aliphatic heterocycles. The van der Waals surface area contributed by atoms with Crippen LogP contribution >= 0.6 is 0 Å². The minimum atomic E-state index is -0.694. The van der Waals surface area contributed by atoms with E-state index < -0.39 is 18.5 Å². The molecule has 0 fully saturated rings. The van der Waals surface area contributed by atoms with Crippen molar-refractivity contribution in [2.24, 2.45) is 0 Å². The predicted octanol–water partition coefficient (Wildman–Crippen LogP) is 1.14. The first-order valence-electron chi connectivity index (χ1n) is 6.60. The summed E-state index contributed by atoms with van der Waals surface area (Å²) < 4.78 is 9.27. The molecule has 1 aromatic carbocycles. The number of carbonyl (C=O) groups excluding carboxylic acids is 3. The topological polar surface area (TPSA) is 81.7 Å². The summed E-state index contributed by atoms with van der Waals surface area (Å²) in [7, 11) is 0. The van der Waals surface area contributed by atoms with E-state index in [1.165, 1.54) is 0 Å². The third kappa shape index (κ3) is 5.64. The quantitative estimate of drug-likeness (QED) is 0.795. The van der Waals surface area contributed by atoms with Gasteiger partial charge in [-0.15, -0.1) is 0 Å². The normalized spacial score (nSPS) is 9.86. The molecule has 1 rings (SSSR count). The third-order valence-corrected chi connectivity index (χ3v) is 2.82. The fourth-order valence-electron chi connectivity index (χ4n) is 1.53. The summed E-state index contributed by atoms with van der Waals surface area (Å²) in [5, 5.41) is 2.44. The molecular weight excluding hydrogens is 274 g/mol. The van der Waals surface area contributed by atoms with E-state index in [1.807, 2.05) is 19.9 Å². The number of hydrogen-bond acceptors (Lipinski definition) is 5. The molecule has 0 bridgehead atoms. The lowest BCUT2D eigenvalue weighted by molar-refractivity contribution is -0.157. The smallest absolute Gasteiger partial charge is 0.344 e. The molecule has 1 N–H and O–H groups in total. The van der Waals surface area contributed by atoms with Crippen LogP contribution in [0.4, 0.5) is 0 Å². The van der Waals surface area contributed by atoms with Gasteiger partial charge in [0.2, 0.25) is 0 Å². The molecule has 0 saturated heterocycles. The van der Waals surface area contributed by atoms with E-state index in [-0.39, 0.29) is 19.1 Å². The second kappa shape index (κ2) is 8.04. The summed E-state index contributed by atoms with van der Waals surface area (Å²) >= 11 is 0. The number of rotatable bonds is 6. The zero-order chi connectivity index (χ0) is 15.8. The van der Waals surface area contributed by atoms with Gasteiger partial charge in [-0.25, -0.2) is 4.79 Å². The molecule has 0 unspecified atom stereocenters. The van der Waals surface area contributed by atoms with Gasteiger partial charge >= 0.3 is 11.9 Å². The van der Waals surface area contributed by atoms with Gasteiger partial charge in [0.1, 0.15) is 6.54 Å². The highest BCUT2D eigenvalue weighted by molar-refractivity contribution is 5.96. The van der Waals surface area contributed by atoms with Gasteiger partial charge in [0.15, 0.2) is 6.61 Å². The minimum Gasteiger partial charge on any atom is -0.463 e. The van der Waals surface area contributed by atoms with Crippen LogP contribution in [0.2, 0.25) is 0 Å². The van der Waals surface area contributed by atoms with E-state index >= 15 is 0 Å². The Morgan fingerprint density at radius 2 is 1.76 bits per heavy atom. The number of amides is 1. The zero-order valence-electron chi connectivity index (χ0n) is 12.4. The van der Waals surface area contributed by atoms with Crippen LogP contribution in [0.1, 0.15) is 28.4 Å². The molecule has 6 heteroatoms. The SMILES string of the molecule is CCOC(=O)COC(=O)CNC(=O)c1ccc(C)c(C)c1. The molecule has 1 aromatic rings. The van der Waals surface area contributed by atoms with Gasteiger partial charge in [-0.05, 0) is 44.0 Å². The molecule has 0 aromatic heterocycles. The van der Waals surface area contributed by atoms with Crippen molar-refractivity contribution in [1.29, 1.82) is 0 Å². The van der Waals surface area contributed by atoms with Crippen LogP contribution in [0, 0.1) is 13.8 Å². The summed E-state index contributed by atoms with van der Waals surface area (Å²) in [6, 6.07) is 5.26. The molecule has 114 valence electrons. The van der Waals surface area contributed by atoms with E-state index in [4.69, 9.17) is 0 Å². The Balaban J connectivity index is 2.40. The highest BCUT2D eigenvalue weighted by Crippen LogP contribution is 2.09. The van der Waals surface area contributed by atoms with Crippen LogP contribution in [0.25, 0.3) is 0 Å². The van der Waals surface area contributed by atoms with Crippen molar-refractivity contribution >= 4 is 17.8 Å². The summed E-state index contributed by atoms with van der Waals surface area (Å²) in [6.45, 7) is 4.98. The summed E-state index contributed by atoms with van der Waals surface area (Å²) in [5.74, 6) is -1.68. The molecule has 0 radical (unpaired) electrons. The molecule has 6 nitrogen and oxygen atoms in total. The summed E-state index contributed by atoms with van der Waals surface area (Å²) in [6.07, 6.45) is 0. The van der Waals surface area contributed by atoms with Crippen molar-refractivity contribution in [3.63, 3.8) is 0 Å². The number of nitrogens with one attached hydrogen (secondary N) is 1. The number of esters is 2. The van der Waals surface area contributed by atoms with E-state index in [2.05, 4.69) is 14.8 Å². The molecule has 21 heavy (non-hydrogen) atoms. The molecule has 0 aliphatic rings. The average Bonchev–Trinajstić information content (AvgIpc) is 2.45. The van der Waals surface area contributed by atoms with Gasteiger partial charge < -0.3 is 14.8 Å². The van der Waals surface area contributed by atoms with Crippen molar-refractivity contribution < 1.29 is 23.9 Å². The number of ether oxygens (including phenoxy) is 2. The van der Waals surface area contributed by atoms with Gasteiger partial charge in [0, 0.05) is 5.56 Å². The Bertz CT molecular complexity index is 539. The third-order valence-electron chi connectivity index (χ3n) is 2.82. The predicted molar refractivity (Wildman–Crippen MR) is 75.8 cm³/mol. The maximum atomic E-state index is 11.8. The first-order chi connectivity index (χ1) is 9.93. The molecule has 0 saturated carbocycles. The van der Waals surface area contributed by atoms with Crippen LogP contribution in [-0.4, -0.2) is 37.6 Å². The summed E-state index contributed by atoms with van der Waals surface area (Å²) in [4.78, 5) is 34.2. The number of hydrogen-bond donors (Lipinski definition) is 1. The molecule has 0 heterocycles. The minimum absolute atomic E-state index is 0.222. The highest BCUT2D eigenvalue weighted by atomic mass is 16.6. The maximum absolute atomic E-state index is 11.8. The molecule has 0 aliphatic carbocycles. The molecular formula is C15H19NO5. The fourth-order valence-corrected chi connectivity index (χ4v) is 1.53. The van der Waals surface area contributed by atoms with Crippen molar-refractivity contribution in [3.05, 3.63) is 34.9 Å². The van der Waals surface area contributed by atoms with Crippen LogP contribution in [0.3, 0.4) is 0 Å². The zero-order valence-corrected chi connectivity index (χ0v) is 12.4. The lowest BCUT2D eigenvalue weighted by atomic mass is 10.1. The van der Waals surface area contributed by atoms with E-state index in [0.29, 0.717) is 5.56 Å². The van der Waals surface area contributed by atoms with Gasteiger partial charge in [0.05, 0.1) is 6.61 Å². The maximum Gasteiger partial charge on any atom is 0.344 e. The Hall–Kier alpha value is -2.37. The van der Waals surface area contributed by atoms with Crippen molar-refractivity contribution in [1.82, 2.24) is 5.32 Å². The van der Waals surface area contributed by atoms with Gasteiger partial charge in [-0.3, -0.25) is 9.59 Å². The van der Waals surface area contributed by atoms with Gasteiger partial charge in [-0.2, -0.15) is 0 Å². The van der Waals surface area contributed by atoms with Crippen molar-refractivity contribution in [2.45, 2.75) is 20.8 Å². The van der Waals surface area contributed by atoms with Crippen LogP contribution in [0.5, 0.6) is 0 Å². The molecule has 1 amide bonds. The van der Waals surface area contributed by atoms with Crippen molar-refractivity contribution in [2.75, 3.05) is 19.8 Å². The number of aryl methyl sites for hydroxylation is 2. The summed E-state index contributed by atoms with van der Waals surface area (Å²) in [5.41, 5.74) is 2.55. The lowest BCUT2D eigenvalue weighted by Gasteiger charge is -2.07. The first kappa shape index (κ1) is 16.7. The Labute approximate surface area is 123 Å². The van der Waals surface area contributed by atoms with Crippen LogP contribution < -0.4 is 5.32 Å². The van der Waals surface area contributed by atoms with E-state index in [9.17, 15) is 14.4 Å². The second-order valence-electron chi connectivity index (χ2n) is 4.45. The fraction of sp³-hybridized carbons (Fsp3) is 0.400. The van der Waals surface area contributed by atoms with Crippen LogP contribution in [-0.2, 0) is 19.1 Å². The molecule has 0 spiro atoms. The Kier molecular flexibility index (Phi) is 6.39. The van der Waals surface area contributed by atoms with Crippen molar-refractivity contribution in [3.8, 4) is 0 Å². The Morgan fingerprint density at radius 1 is 1.05 bits per heavy atom. The van der Waals surface area contributed by atoms with Gasteiger partial charge in [0.25, 0.3) is 5.91 Å². The van der Waals surface area contributed by atoms with Gasteiger partial charge in [-0.1, -0.05) is 6.07 Å². The largest absolute Gasteiger partial charge is 0.463 e. The first-order valence-corrected chi connectivity index (χ1v) is 6.60. The molecule has 0 atom stereocenters. The Morgan fingerprint density at radius 3 is 2.38 bits per heavy atom. The van der Waals surface area contributed by atoms with E-state index in [0.717, 1.165) is 11.1 Å². The highest BCUT2D eigenvalue weighted by Gasteiger charge is 2.11. The standard InChI is InChI=1S/C15H19NO5/c1-4-20-14(18)9-21-13(17)8-16-15(19)12-6-5-10(2)11(3)7-12/h5-7H,4,8-9H2,1-3H3,(H,16,19). The number of carbonyl (C=O) groups is 3. The monoisotopic (exact) mass is 293 g/mol. The van der Waals surface area contributed by atoms with E-state index in [1.54, 1.807) is 19.1 Å². The lowest BCUT2D eigenvalue weighted by Crippen LogP contribution is -2.31. The average molecular weight is 293 g/mol. The second-order valence-corrected chi connectivity index (χ2v) is 4.45.